The van der Waals surface area contributed by atoms with Gasteiger partial charge in [0.15, 0.2) is 0 Å². The van der Waals surface area contributed by atoms with Crippen LogP contribution in [0.4, 0.5) is 5.69 Å². The molecule has 0 radical (unpaired) electrons. The quantitative estimate of drug-likeness (QED) is 0.699. The van der Waals surface area contributed by atoms with Gasteiger partial charge in [0.1, 0.15) is 11.5 Å². The molecule has 0 atom stereocenters. The lowest BCUT2D eigenvalue weighted by atomic mass is 9.96. The second-order valence-corrected chi connectivity index (χ2v) is 6.61. The van der Waals surface area contributed by atoms with Crippen molar-refractivity contribution in [1.29, 1.82) is 0 Å². The molecule has 0 saturated heterocycles. The monoisotopic (exact) mass is 383 g/mol. The molecule has 1 aliphatic rings. The second-order valence-electron chi connectivity index (χ2n) is 6.61. The number of rotatable bonds is 8. The average Bonchev–Trinajstić information content (AvgIpc) is 2.71. The molecule has 6 heteroatoms. The van der Waals surface area contributed by atoms with E-state index < -0.39 is 5.97 Å². The standard InChI is InChI=1S/C22H25NO5/c1-2-27-16-10-12-17(13-11-16)28-15-5-9-21(24)23-14-4-7-18-19(22(25)26)6-3-8-20(18)23/h3,6,8,10-13H,2,4-5,7,9,14-15H2,1H3,(H,25,26). The Morgan fingerprint density at radius 3 is 2.46 bits per heavy atom. The van der Waals surface area contributed by atoms with Gasteiger partial charge in [0.25, 0.3) is 0 Å². The minimum absolute atomic E-state index is 0.00113. The Bertz CT molecular complexity index is 831. The van der Waals surface area contributed by atoms with Gasteiger partial charge in [0.2, 0.25) is 5.91 Å². The van der Waals surface area contributed by atoms with Crippen LogP contribution in [0.2, 0.25) is 0 Å². The van der Waals surface area contributed by atoms with Crippen LogP contribution in [0.15, 0.2) is 42.5 Å². The van der Waals surface area contributed by atoms with E-state index in [0.29, 0.717) is 39.0 Å². The Kier molecular flexibility index (Phi) is 6.53. The largest absolute Gasteiger partial charge is 0.494 e. The van der Waals surface area contributed by atoms with E-state index in [1.165, 1.54) is 0 Å². The molecule has 0 aliphatic carbocycles. The summed E-state index contributed by atoms with van der Waals surface area (Å²) >= 11 is 0. The first kappa shape index (κ1) is 19.7. The third-order valence-electron chi connectivity index (χ3n) is 4.72. The Balaban J connectivity index is 1.53. The highest BCUT2D eigenvalue weighted by Gasteiger charge is 2.25. The summed E-state index contributed by atoms with van der Waals surface area (Å²) in [6.07, 6.45) is 2.40. The lowest BCUT2D eigenvalue weighted by molar-refractivity contribution is -0.118. The van der Waals surface area contributed by atoms with Crippen LogP contribution in [0.5, 0.6) is 11.5 Å². The molecule has 2 aromatic rings. The van der Waals surface area contributed by atoms with Gasteiger partial charge in [-0.25, -0.2) is 4.79 Å². The molecular formula is C22H25NO5. The number of carbonyl (C=O) groups is 2. The van der Waals surface area contributed by atoms with Crippen molar-refractivity contribution in [3.8, 4) is 11.5 Å². The number of ether oxygens (including phenoxy) is 2. The van der Waals surface area contributed by atoms with Crippen molar-refractivity contribution in [3.05, 3.63) is 53.6 Å². The Hall–Kier alpha value is -3.02. The first-order chi connectivity index (χ1) is 13.6. The number of nitrogens with zero attached hydrogens (tertiary/aromatic N) is 1. The molecule has 0 spiro atoms. The fraction of sp³-hybridized carbons (Fsp3) is 0.364. The van der Waals surface area contributed by atoms with Gasteiger partial charge in [-0.05, 0) is 68.1 Å². The van der Waals surface area contributed by atoms with Crippen LogP contribution >= 0.6 is 0 Å². The third kappa shape index (κ3) is 4.63. The molecule has 3 rings (SSSR count). The summed E-state index contributed by atoms with van der Waals surface area (Å²) in [5.74, 6) is 0.591. The van der Waals surface area contributed by atoms with E-state index in [4.69, 9.17) is 9.47 Å². The summed E-state index contributed by atoms with van der Waals surface area (Å²) in [7, 11) is 0. The smallest absolute Gasteiger partial charge is 0.336 e. The minimum Gasteiger partial charge on any atom is -0.494 e. The number of hydrogen-bond donors (Lipinski definition) is 1. The number of carboxylic acid groups (broad SMARTS) is 1. The summed E-state index contributed by atoms with van der Waals surface area (Å²) in [4.78, 5) is 25.8. The van der Waals surface area contributed by atoms with Crippen molar-refractivity contribution in [2.24, 2.45) is 0 Å². The number of hydrogen-bond acceptors (Lipinski definition) is 4. The maximum atomic E-state index is 12.7. The third-order valence-corrected chi connectivity index (χ3v) is 4.72. The fourth-order valence-electron chi connectivity index (χ4n) is 3.43. The van der Waals surface area contributed by atoms with Crippen LogP contribution < -0.4 is 14.4 Å². The molecular weight excluding hydrogens is 358 g/mol. The predicted molar refractivity (Wildman–Crippen MR) is 106 cm³/mol. The van der Waals surface area contributed by atoms with Crippen molar-refractivity contribution >= 4 is 17.6 Å². The van der Waals surface area contributed by atoms with Gasteiger partial charge in [0, 0.05) is 18.7 Å². The number of anilines is 1. The van der Waals surface area contributed by atoms with E-state index in [1.54, 1.807) is 17.0 Å². The molecule has 148 valence electrons. The summed E-state index contributed by atoms with van der Waals surface area (Å²) in [5.41, 5.74) is 1.76. The summed E-state index contributed by atoms with van der Waals surface area (Å²) in [5, 5.41) is 9.37. The molecule has 0 aromatic heterocycles. The van der Waals surface area contributed by atoms with Crippen LogP contribution in [0.1, 0.15) is 42.1 Å². The Morgan fingerprint density at radius 2 is 1.79 bits per heavy atom. The molecule has 2 aromatic carbocycles. The molecule has 1 N–H and O–H groups in total. The summed E-state index contributed by atoms with van der Waals surface area (Å²) in [6.45, 7) is 3.62. The maximum Gasteiger partial charge on any atom is 0.336 e. The van der Waals surface area contributed by atoms with Gasteiger partial charge < -0.3 is 19.5 Å². The molecule has 1 heterocycles. The zero-order valence-electron chi connectivity index (χ0n) is 16.0. The number of fused-ring (bicyclic) bond motifs is 1. The van der Waals surface area contributed by atoms with E-state index in [0.717, 1.165) is 29.2 Å². The lowest BCUT2D eigenvalue weighted by Gasteiger charge is -2.30. The number of amides is 1. The van der Waals surface area contributed by atoms with Crippen LogP contribution in [-0.2, 0) is 11.2 Å². The van der Waals surface area contributed by atoms with Crippen molar-refractivity contribution in [1.82, 2.24) is 0 Å². The minimum atomic E-state index is -0.949. The molecule has 6 nitrogen and oxygen atoms in total. The van der Waals surface area contributed by atoms with E-state index in [9.17, 15) is 14.7 Å². The van der Waals surface area contributed by atoms with Crippen molar-refractivity contribution in [2.75, 3.05) is 24.7 Å². The number of carboxylic acids is 1. The second kappa shape index (κ2) is 9.26. The predicted octanol–water partition coefficient (Wildman–Crippen LogP) is 3.92. The van der Waals surface area contributed by atoms with E-state index in [2.05, 4.69) is 0 Å². The topological polar surface area (TPSA) is 76.1 Å². The highest BCUT2D eigenvalue weighted by molar-refractivity contribution is 5.98. The lowest BCUT2D eigenvalue weighted by Crippen LogP contribution is -2.36. The van der Waals surface area contributed by atoms with Crippen molar-refractivity contribution < 1.29 is 24.2 Å². The number of carbonyl (C=O) groups excluding carboxylic acids is 1. The zero-order chi connectivity index (χ0) is 19.9. The van der Waals surface area contributed by atoms with Gasteiger partial charge in [-0.1, -0.05) is 6.07 Å². The van der Waals surface area contributed by atoms with E-state index in [-0.39, 0.29) is 11.5 Å². The Morgan fingerprint density at radius 1 is 1.07 bits per heavy atom. The first-order valence-electron chi connectivity index (χ1n) is 9.61. The highest BCUT2D eigenvalue weighted by atomic mass is 16.5. The maximum absolute atomic E-state index is 12.7. The van der Waals surface area contributed by atoms with Crippen LogP contribution in [0.25, 0.3) is 0 Å². The van der Waals surface area contributed by atoms with Crippen molar-refractivity contribution in [3.63, 3.8) is 0 Å². The normalized spacial score (nSPS) is 13.0. The summed E-state index contributed by atoms with van der Waals surface area (Å²) < 4.78 is 11.1. The summed E-state index contributed by atoms with van der Waals surface area (Å²) in [6, 6.07) is 12.5. The van der Waals surface area contributed by atoms with E-state index in [1.807, 2.05) is 37.3 Å². The molecule has 1 amide bonds. The zero-order valence-corrected chi connectivity index (χ0v) is 16.0. The highest BCUT2D eigenvalue weighted by Crippen LogP contribution is 2.30. The SMILES string of the molecule is CCOc1ccc(OCCCC(=O)N2CCCc3c(C(=O)O)cccc32)cc1. The molecule has 0 bridgehead atoms. The number of aromatic carboxylic acids is 1. The Labute approximate surface area is 164 Å². The van der Waals surface area contributed by atoms with Gasteiger partial charge in [0.05, 0.1) is 18.8 Å². The van der Waals surface area contributed by atoms with Gasteiger partial charge >= 0.3 is 5.97 Å². The molecule has 0 fully saturated rings. The van der Waals surface area contributed by atoms with Gasteiger partial charge in [-0.2, -0.15) is 0 Å². The molecule has 28 heavy (non-hydrogen) atoms. The number of benzene rings is 2. The molecule has 0 saturated carbocycles. The average molecular weight is 383 g/mol. The van der Waals surface area contributed by atoms with E-state index >= 15 is 0 Å². The van der Waals surface area contributed by atoms with Gasteiger partial charge in [-0.15, -0.1) is 0 Å². The fourth-order valence-corrected chi connectivity index (χ4v) is 3.43. The van der Waals surface area contributed by atoms with Gasteiger partial charge in [-0.3, -0.25) is 4.79 Å². The van der Waals surface area contributed by atoms with Crippen molar-refractivity contribution in [2.45, 2.75) is 32.6 Å². The van der Waals surface area contributed by atoms with Crippen LogP contribution in [0.3, 0.4) is 0 Å². The molecule has 0 unspecified atom stereocenters. The molecule has 1 aliphatic heterocycles. The first-order valence-corrected chi connectivity index (χ1v) is 9.61. The van der Waals surface area contributed by atoms with Crippen LogP contribution in [0, 0.1) is 0 Å². The van der Waals surface area contributed by atoms with Crippen LogP contribution in [-0.4, -0.2) is 36.7 Å².